The normalized spacial score (nSPS) is 10.5. The molecule has 0 atom stereocenters. The highest BCUT2D eigenvalue weighted by Gasteiger charge is 2.16. The van der Waals surface area contributed by atoms with Crippen molar-refractivity contribution in [2.75, 3.05) is 5.32 Å². The van der Waals surface area contributed by atoms with E-state index in [2.05, 4.69) is 26.0 Å². The number of benzene rings is 1. The Balaban J connectivity index is 3.10. The summed E-state index contributed by atoms with van der Waals surface area (Å²) in [5.41, 5.74) is 0.108. The number of amides is 1. The second-order valence-electron chi connectivity index (χ2n) is 3.04. The van der Waals surface area contributed by atoms with Gasteiger partial charge in [-0.05, 0) is 28.1 Å². The van der Waals surface area contributed by atoms with E-state index in [1.165, 1.54) is 12.1 Å². The minimum atomic E-state index is -2.98. The Labute approximate surface area is 110 Å². The van der Waals surface area contributed by atoms with Crippen LogP contribution in [0.2, 0.25) is 5.02 Å². The molecule has 0 bridgehead atoms. The molecule has 1 aromatic rings. The van der Waals surface area contributed by atoms with E-state index in [-0.39, 0.29) is 28.2 Å². The molecule has 0 saturated carbocycles. The largest absolute Gasteiger partial charge is 0.431 e. The Morgan fingerprint density at radius 1 is 1.59 bits per heavy atom. The van der Waals surface area contributed by atoms with Crippen molar-refractivity contribution in [1.29, 1.82) is 0 Å². The highest BCUT2D eigenvalue weighted by Crippen LogP contribution is 2.37. The number of rotatable bonds is 4. The van der Waals surface area contributed by atoms with Gasteiger partial charge < -0.3 is 10.1 Å². The van der Waals surface area contributed by atoms with Crippen LogP contribution in [0.25, 0.3) is 0 Å². The zero-order chi connectivity index (χ0) is 13.0. The average molecular weight is 329 g/mol. The van der Waals surface area contributed by atoms with Crippen LogP contribution in [0.3, 0.4) is 0 Å². The summed E-state index contributed by atoms with van der Waals surface area (Å²) in [4.78, 5) is 11.2. The summed E-state index contributed by atoms with van der Waals surface area (Å²) in [6, 6.07) is 2.75. The Hall–Kier alpha value is -0.880. The average Bonchev–Trinajstić information content (AvgIpc) is 2.22. The monoisotopic (exact) mass is 327 g/mol. The van der Waals surface area contributed by atoms with Gasteiger partial charge in [0.1, 0.15) is 0 Å². The zero-order valence-corrected chi connectivity index (χ0v) is 11.1. The lowest BCUT2D eigenvalue weighted by atomic mass is 10.3. The van der Waals surface area contributed by atoms with Crippen LogP contribution < -0.4 is 10.1 Å². The predicted octanol–water partition coefficient (Wildman–Crippen LogP) is 4.05. The number of nitrogens with one attached hydrogen (secondary N) is 1. The first-order chi connectivity index (χ1) is 7.93. The number of ether oxygens (including phenoxy) is 1. The van der Waals surface area contributed by atoms with Gasteiger partial charge in [0.25, 0.3) is 0 Å². The van der Waals surface area contributed by atoms with Crippen molar-refractivity contribution < 1.29 is 18.3 Å². The van der Waals surface area contributed by atoms with E-state index >= 15 is 0 Å². The summed E-state index contributed by atoms with van der Waals surface area (Å²) >= 11 is 8.81. The molecule has 94 valence electrons. The van der Waals surface area contributed by atoms with Crippen LogP contribution in [0, 0.1) is 0 Å². The van der Waals surface area contributed by atoms with Crippen molar-refractivity contribution >= 4 is 39.1 Å². The highest BCUT2D eigenvalue weighted by atomic mass is 79.9. The summed E-state index contributed by atoms with van der Waals surface area (Å²) in [5.74, 6) is -0.468. The fourth-order valence-corrected chi connectivity index (χ4v) is 2.00. The highest BCUT2D eigenvalue weighted by molar-refractivity contribution is 9.10. The van der Waals surface area contributed by atoms with Crippen LogP contribution in [0.1, 0.15) is 13.3 Å². The molecule has 0 spiro atoms. The maximum Gasteiger partial charge on any atom is 0.387 e. The number of hydrogen-bond acceptors (Lipinski definition) is 2. The predicted molar refractivity (Wildman–Crippen MR) is 64.7 cm³/mol. The summed E-state index contributed by atoms with van der Waals surface area (Å²) in [6.45, 7) is -1.34. The van der Waals surface area contributed by atoms with Crippen LogP contribution in [0.5, 0.6) is 5.75 Å². The summed E-state index contributed by atoms with van der Waals surface area (Å²) in [5, 5.41) is 2.73. The smallest absolute Gasteiger partial charge is 0.387 e. The van der Waals surface area contributed by atoms with E-state index in [1.807, 2.05) is 0 Å². The van der Waals surface area contributed by atoms with Crippen LogP contribution in [0.15, 0.2) is 16.6 Å². The molecule has 0 aliphatic carbocycles. The Morgan fingerprint density at radius 2 is 2.24 bits per heavy atom. The van der Waals surface area contributed by atoms with Gasteiger partial charge in [-0.3, -0.25) is 4.79 Å². The van der Waals surface area contributed by atoms with Crippen molar-refractivity contribution in [3.8, 4) is 5.75 Å². The molecular weight excluding hydrogens is 319 g/mol. The van der Waals surface area contributed by atoms with Gasteiger partial charge in [-0.2, -0.15) is 8.78 Å². The molecule has 1 rings (SSSR count). The summed E-state index contributed by atoms with van der Waals surface area (Å²) in [7, 11) is 0. The van der Waals surface area contributed by atoms with Crippen LogP contribution in [0.4, 0.5) is 14.5 Å². The fraction of sp³-hybridized carbons (Fsp3) is 0.300. The lowest BCUT2D eigenvalue weighted by Crippen LogP contribution is -2.12. The van der Waals surface area contributed by atoms with E-state index in [0.29, 0.717) is 5.02 Å². The molecular formula is C10H9BrClF2NO2. The third kappa shape index (κ3) is 4.12. The van der Waals surface area contributed by atoms with Gasteiger partial charge in [-0.25, -0.2) is 0 Å². The van der Waals surface area contributed by atoms with E-state index in [0.717, 1.165) is 0 Å². The van der Waals surface area contributed by atoms with Gasteiger partial charge >= 0.3 is 6.61 Å². The molecule has 0 unspecified atom stereocenters. The number of carbonyl (C=O) groups is 1. The minimum Gasteiger partial charge on any atom is -0.431 e. The first-order valence-electron chi connectivity index (χ1n) is 4.67. The summed E-state index contributed by atoms with van der Waals surface area (Å²) in [6.07, 6.45) is 0.220. The number of carbonyl (C=O) groups excluding carboxylic acids is 1. The Morgan fingerprint density at radius 3 is 2.76 bits per heavy atom. The molecule has 17 heavy (non-hydrogen) atoms. The van der Waals surface area contributed by atoms with Gasteiger partial charge in [0.15, 0.2) is 5.75 Å². The number of halogens is 4. The number of alkyl halides is 2. The van der Waals surface area contributed by atoms with Crippen molar-refractivity contribution in [1.82, 2.24) is 0 Å². The van der Waals surface area contributed by atoms with Crippen LogP contribution in [-0.4, -0.2) is 12.5 Å². The molecule has 0 aliphatic heterocycles. The maximum atomic E-state index is 12.2. The third-order valence-corrected chi connectivity index (χ3v) is 2.62. The molecule has 0 aliphatic rings. The molecule has 0 radical (unpaired) electrons. The molecule has 0 aromatic heterocycles. The van der Waals surface area contributed by atoms with Gasteiger partial charge in [0, 0.05) is 11.4 Å². The van der Waals surface area contributed by atoms with E-state index in [1.54, 1.807) is 6.92 Å². The number of hydrogen-bond donors (Lipinski definition) is 1. The van der Waals surface area contributed by atoms with E-state index < -0.39 is 6.61 Å². The minimum absolute atomic E-state index is 0.108. The Kier molecular flexibility index (Phi) is 5.14. The van der Waals surface area contributed by atoms with Crippen molar-refractivity contribution in [3.05, 3.63) is 21.6 Å². The second-order valence-corrected chi connectivity index (χ2v) is 4.34. The number of anilines is 1. The topological polar surface area (TPSA) is 38.3 Å². The maximum absolute atomic E-state index is 12.2. The molecule has 1 N–H and O–H groups in total. The lowest BCUT2D eigenvalue weighted by molar-refractivity contribution is -0.116. The standard InChI is InChI=1S/C10H9BrClF2NO2/c1-2-8(16)15-7-4-5(12)3-6(11)9(7)17-10(13)14/h3-4,10H,2H2,1H3,(H,15,16). The molecule has 1 amide bonds. The van der Waals surface area contributed by atoms with Gasteiger partial charge in [0.2, 0.25) is 5.91 Å². The van der Waals surface area contributed by atoms with Crippen molar-refractivity contribution in [2.24, 2.45) is 0 Å². The molecule has 0 fully saturated rings. The van der Waals surface area contributed by atoms with E-state index in [4.69, 9.17) is 11.6 Å². The SMILES string of the molecule is CCC(=O)Nc1cc(Cl)cc(Br)c1OC(F)F. The zero-order valence-electron chi connectivity index (χ0n) is 8.77. The van der Waals surface area contributed by atoms with Crippen LogP contribution >= 0.6 is 27.5 Å². The van der Waals surface area contributed by atoms with Gasteiger partial charge in [-0.15, -0.1) is 0 Å². The molecule has 0 saturated heterocycles. The van der Waals surface area contributed by atoms with Gasteiger partial charge in [0.05, 0.1) is 10.2 Å². The summed E-state index contributed by atoms with van der Waals surface area (Å²) < 4.78 is 29.0. The first kappa shape index (κ1) is 14.2. The second kappa shape index (κ2) is 6.16. The third-order valence-electron chi connectivity index (χ3n) is 1.81. The van der Waals surface area contributed by atoms with E-state index in [9.17, 15) is 13.6 Å². The van der Waals surface area contributed by atoms with Gasteiger partial charge in [-0.1, -0.05) is 18.5 Å². The lowest BCUT2D eigenvalue weighted by Gasteiger charge is -2.13. The quantitative estimate of drug-likeness (QED) is 0.905. The fourth-order valence-electron chi connectivity index (χ4n) is 1.10. The molecule has 0 heterocycles. The molecule has 7 heteroatoms. The molecule has 1 aromatic carbocycles. The van der Waals surface area contributed by atoms with Crippen LogP contribution in [-0.2, 0) is 4.79 Å². The molecule has 3 nitrogen and oxygen atoms in total. The van der Waals surface area contributed by atoms with Crippen molar-refractivity contribution in [3.63, 3.8) is 0 Å². The van der Waals surface area contributed by atoms with Crippen molar-refractivity contribution in [2.45, 2.75) is 20.0 Å². The first-order valence-corrected chi connectivity index (χ1v) is 5.84. The Bertz CT molecular complexity index is 429.